The zero-order valence-corrected chi connectivity index (χ0v) is 12.6. The molecule has 4 aliphatic heterocycles. The minimum absolute atomic E-state index is 0.0862. The molecule has 1 aromatic carbocycles. The molecule has 20 heavy (non-hydrogen) atoms. The minimum atomic E-state index is -0.0862. The Labute approximate surface area is 120 Å². The Bertz CT molecular complexity index is 537. The van der Waals surface area contributed by atoms with Crippen molar-refractivity contribution in [1.82, 2.24) is 0 Å². The molecule has 2 N–H and O–H groups in total. The Kier molecular flexibility index (Phi) is 2.33. The van der Waals surface area contributed by atoms with E-state index >= 15 is 0 Å². The third-order valence-electron chi connectivity index (χ3n) is 5.79. The molecule has 3 nitrogen and oxygen atoms in total. The number of aryl methyl sites for hydroxylation is 1. The van der Waals surface area contributed by atoms with Crippen LogP contribution in [0.4, 0.5) is 0 Å². The lowest BCUT2D eigenvalue weighted by molar-refractivity contribution is -1.18. The topological polar surface area (TPSA) is 26.0 Å². The maximum Gasteiger partial charge on any atom is 0.240 e. The number of carbonyl (C=O) groups is 1. The third-order valence-corrected chi connectivity index (χ3v) is 5.79. The lowest BCUT2D eigenvalue weighted by Gasteiger charge is -2.58. The van der Waals surface area contributed by atoms with Crippen molar-refractivity contribution in [3.05, 3.63) is 35.4 Å². The molecule has 0 atom stereocenters. The van der Waals surface area contributed by atoms with Crippen molar-refractivity contribution in [3.8, 4) is 0 Å². The summed E-state index contributed by atoms with van der Waals surface area (Å²) >= 11 is 0. The van der Waals surface area contributed by atoms with Crippen LogP contribution in [0.2, 0.25) is 0 Å². The first kappa shape index (κ1) is 12.5. The lowest BCUT2D eigenvalue weighted by Crippen LogP contribution is -3.41. The van der Waals surface area contributed by atoms with Crippen LogP contribution < -0.4 is 9.80 Å². The molecule has 4 bridgehead atoms. The molecule has 0 amide bonds. The summed E-state index contributed by atoms with van der Waals surface area (Å²) in [7, 11) is 0. The van der Waals surface area contributed by atoms with Crippen LogP contribution in [0.15, 0.2) is 24.3 Å². The molecule has 0 radical (unpaired) electrons. The second-order valence-corrected chi connectivity index (χ2v) is 7.82. The normalized spacial score (nSPS) is 46.0. The van der Waals surface area contributed by atoms with Crippen LogP contribution in [-0.4, -0.2) is 32.0 Å². The highest BCUT2D eigenvalue weighted by Crippen LogP contribution is 2.35. The Morgan fingerprint density at radius 3 is 1.85 bits per heavy atom. The van der Waals surface area contributed by atoms with Crippen LogP contribution in [-0.2, 0) is 4.79 Å². The van der Waals surface area contributed by atoms with Crippen LogP contribution >= 0.6 is 0 Å². The van der Waals surface area contributed by atoms with Crippen molar-refractivity contribution in [3.63, 3.8) is 0 Å². The van der Waals surface area contributed by atoms with Crippen molar-refractivity contribution in [1.29, 1.82) is 0 Å². The standard InChI is InChI=1S/C17H22N2O/c1-12-4-6-13(7-5-12)14-18-8-16(2)9-19(14)11-17(3,10-18)15(16)20/h4-7,14H,8-11H2,1-3H3/p+2. The van der Waals surface area contributed by atoms with Crippen LogP contribution in [0, 0.1) is 17.8 Å². The Hall–Kier alpha value is -1.19. The summed E-state index contributed by atoms with van der Waals surface area (Å²) in [6.45, 7) is 10.6. The van der Waals surface area contributed by atoms with Crippen LogP contribution in [0.3, 0.4) is 0 Å². The first-order valence-electron chi connectivity index (χ1n) is 7.72. The van der Waals surface area contributed by atoms with E-state index in [0.29, 0.717) is 11.9 Å². The number of ketones is 1. The molecular weight excluding hydrogens is 248 g/mol. The van der Waals surface area contributed by atoms with E-state index in [9.17, 15) is 4.79 Å². The predicted octanol–water partition coefficient (Wildman–Crippen LogP) is -0.614. The summed E-state index contributed by atoms with van der Waals surface area (Å²) in [4.78, 5) is 15.9. The smallest absolute Gasteiger partial charge is 0.240 e. The molecule has 106 valence electrons. The van der Waals surface area contributed by atoms with Crippen LogP contribution in [0.1, 0.15) is 31.1 Å². The van der Waals surface area contributed by atoms with Gasteiger partial charge in [0.05, 0.1) is 31.7 Å². The molecule has 0 aromatic heterocycles. The molecule has 4 aliphatic rings. The van der Waals surface area contributed by atoms with E-state index < -0.39 is 0 Å². The summed E-state index contributed by atoms with van der Waals surface area (Å²) in [6.07, 6.45) is 0.532. The summed E-state index contributed by atoms with van der Waals surface area (Å²) in [6, 6.07) is 9.01. The summed E-state index contributed by atoms with van der Waals surface area (Å²) in [5, 5.41) is 0. The van der Waals surface area contributed by atoms with Gasteiger partial charge in [-0.15, -0.1) is 0 Å². The summed E-state index contributed by atoms with van der Waals surface area (Å²) < 4.78 is 0. The maximum atomic E-state index is 12.7. The Morgan fingerprint density at radius 2 is 1.40 bits per heavy atom. The number of benzene rings is 1. The van der Waals surface area contributed by atoms with E-state index in [-0.39, 0.29) is 10.8 Å². The van der Waals surface area contributed by atoms with Gasteiger partial charge in [-0.25, -0.2) is 0 Å². The molecule has 5 rings (SSSR count). The van der Waals surface area contributed by atoms with E-state index in [2.05, 4.69) is 45.0 Å². The maximum absolute atomic E-state index is 12.7. The molecule has 4 saturated heterocycles. The molecule has 3 heteroatoms. The number of nitrogens with one attached hydrogen (secondary N) is 2. The Balaban J connectivity index is 1.74. The number of hydrogen-bond donors (Lipinski definition) is 2. The third kappa shape index (κ3) is 1.51. The fourth-order valence-corrected chi connectivity index (χ4v) is 5.23. The fraction of sp³-hybridized carbons (Fsp3) is 0.588. The predicted molar refractivity (Wildman–Crippen MR) is 76.5 cm³/mol. The average Bonchev–Trinajstić information content (AvgIpc) is 2.36. The molecule has 4 heterocycles. The number of Topliss-reactive ketones (excluding diaryl/α,β-unsaturated/α-hetero) is 1. The molecule has 1 aromatic rings. The van der Waals surface area contributed by atoms with Gasteiger partial charge in [-0.3, -0.25) is 14.6 Å². The Morgan fingerprint density at radius 1 is 0.950 bits per heavy atom. The van der Waals surface area contributed by atoms with Gasteiger partial charge >= 0.3 is 0 Å². The number of piperidine rings is 2. The van der Waals surface area contributed by atoms with Crippen molar-refractivity contribution in [2.75, 3.05) is 26.2 Å². The zero-order chi connectivity index (χ0) is 14.1. The van der Waals surface area contributed by atoms with Crippen molar-refractivity contribution in [2.24, 2.45) is 10.8 Å². The van der Waals surface area contributed by atoms with Gasteiger partial charge in [0.1, 0.15) is 10.8 Å². The largest absolute Gasteiger partial charge is 0.297 e. The van der Waals surface area contributed by atoms with E-state index in [0.717, 1.165) is 26.2 Å². The first-order chi connectivity index (χ1) is 9.41. The van der Waals surface area contributed by atoms with Crippen molar-refractivity contribution < 1.29 is 14.6 Å². The molecule has 0 unspecified atom stereocenters. The van der Waals surface area contributed by atoms with Crippen molar-refractivity contribution in [2.45, 2.75) is 26.9 Å². The summed E-state index contributed by atoms with van der Waals surface area (Å²) in [5.74, 6) is 0.528. The molecule has 0 saturated carbocycles. The molecule has 0 spiro atoms. The average molecular weight is 272 g/mol. The van der Waals surface area contributed by atoms with Gasteiger partial charge in [-0.05, 0) is 32.9 Å². The van der Waals surface area contributed by atoms with Gasteiger partial charge in [-0.1, -0.05) is 17.7 Å². The second-order valence-electron chi connectivity index (χ2n) is 7.82. The van der Waals surface area contributed by atoms with E-state index in [1.165, 1.54) is 11.1 Å². The monoisotopic (exact) mass is 272 g/mol. The SMILES string of the molecule is Cc1ccc(C2[NH+]3CC4(C)C[NH+]2CC(C)(C3)C4=O)cc1. The van der Waals surface area contributed by atoms with E-state index in [1.54, 1.807) is 9.80 Å². The van der Waals surface area contributed by atoms with Gasteiger partial charge < -0.3 is 0 Å². The van der Waals surface area contributed by atoms with Gasteiger partial charge in [0.25, 0.3) is 0 Å². The molecular formula is C17H24N2O+2. The van der Waals surface area contributed by atoms with Crippen LogP contribution in [0.25, 0.3) is 0 Å². The quantitative estimate of drug-likeness (QED) is 0.701. The number of quaternary nitrogens is 2. The van der Waals surface area contributed by atoms with Gasteiger partial charge in [-0.2, -0.15) is 0 Å². The second kappa shape index (κ2) is 3.71. The van der Waals surface area contributed by atoms with Gasteiger partial charge in [0.2, 0.25) is 6.17 Å². The highest BCUT2D eigenvalue weighted by molar-refractivity contribution is 5.91. The molecule has 0 aliphatic carbocycles. The lowest BCUT2D eigenvalue weighted by atomic mass is 9.62. The first-order valence-corrected chi connectivity index (χ1v) is 7.72. The van der Waals surface area contributed by atoms with E-state index in [4.69, 9.17) is 0 Å². The molecule has 4 fully saturated rings. The summed E-state index contributed by atoms with van der Waals surface area (Å²) in [5.41, 5.74) is 2.59. The van der Waals surface area contributed by atoms with Gasteiger partial charge in [0, 0.05) is 0 Å². The highest BCUT2D eigenvalue weighted by atomic mass is 16.1. The zero-order valence-electron chi connectivity index (χ0n) is 12.6. The number of rotatable bonds is 1. The highest BCUT2D eigenvalue weighted by Gasteiger charge is 2.68. The number of hydrogen-bond acceptors (Lipinski definition) is 1. The minimum Gasteiger partial charge on any atom is -0.297 e. The van der Waals surface area contributed by atoms with Crippen molar-refractivity contribution >= 4 is 5.78 Å². The fourth-order valence-electron chi connectivity index (χ4n) is 5.23. The van der Waals surface area contributed by atoms with E-state index in [1.807, 2.05) is 0 Å². The van der Waals surface area contributed by atoms with Crippen LogP contribution in [0.5, 0.6) is 0 Å². The van der Waals surface area contributed by atoms with Gasteiger partial charge in [0.15, 0.2) is 5.78 Å². The number of carbonyl (C=O) groups excluding carboxylic acids is 1.